The number of rotatable bonds is 9. The minimum absolute atomic E-state index is 0.0436. The average Bonchev–Trinajstić information content (AvgIpc) is 3.65. The van der Waals surface area contributed by atoms with E-state index in [1.807, 2.05) is 72.9 Å². The lowest BCUT2D eigenvalue weighted by Crippen LogP contribution is -2.03. The Labute approximate surface area is 256 Å². The molecule has 5 aromatic carbocycles. The first-order valence-corrected chi connectivity index (χ1v) is 14.6. The fourth-order valence-electron chi connectivity index (χ4n) is 5.67. The SMILES string of the molecule is O=C1Nc2ccc(C(c3ccccc3)c3ccccc3)cc2/C1=C\c1cccc(OCc2cn(Cc3ccccc3)nn2)c1. The van der Waals surface area contributed by atoms with E-state index in [0.717, 1.165) is 33.6 Å². The fourth-order valence-corrected chi connectivity index (χ4v) is 5.67. The van der Waals surface area contributed by atoms with E-state index in [4.69, 9.17) is 4.74 Å². The van der Waals surface area contributed by atoms with Crippen LogP contribution in [0.3, 0.4) is 0 Å². The molecule has 0 saturated heterocycles. The van der Waals surface area contributed by atoms with Crippen LogP contribution in [-0.4, -0.2) is 20.9 Å². The first kappa shape index (κ1) is 27.1. The maximum Gasteiger partial charge on any atom is 0.256 e. The second-order valence-electron chi connectivity index (χ2n) is 10.8. The summed E-state index contributed by atoms with van der Waals surface area (Å²) in [5.74, 6) is 0.620. The van der Waals surface area contributed by atoms with Gasteiger partial charge in [-0.1, -0.05) is 114 Å². The third-order valence-electron chi connectivity index (χ3n) is 7.76. The lowest BCUT2D eigenvalue weighted by atomic mass is 9.84. The first-order valence-electron chi connectivity index (χ1n) is 14.6. The van der Waals surface area contributed by atoms with Crippen LogP contribution >= 0.6 is 0 Å². The highest BCUT2D eigenvalue weighted by molar-refractivity contribution is 6.35. The van der Waals surface area contributed by atoms with Gasteiger partial charge < -0.3 is 10.1 Å². The molecule has 1 aliphatic rings. The second-order valence-corrected chi connectivity index (χ2v) is 10.8. The third kappa shape index (κ3) is 5.92. The van der Waals surface area contributed by atoms with Crippen molar-refractivity contribution in [2.75, 3.05) is 5.32 Å². The maximum atomic E-state index is 13.2. The molecule has 6 nitrogen and oxygen atoms in total. The van der Waals surface area contributed by atoms with Gasteiger partial charge in [0.15, 0.2) is 0 Å². The molecule has 0 aliphatic carbocycles. The van der Waals surface area contributed by atoms with Gasteiger partial charge in [-0.2, -0.15) is 0 Å². The smallest absolute Gasteiger partial charge is 0.256 e. The summed E-state index contributed by atoms with van der Waals surface area (Å²) in [6, 6.07) is 45.1. The van der Waals surface area contributed by atoms with Crippen molar-refractivity contribution in [2.45, 2.75) is 19.1 Å². The Kier molecular flexibility index (Phi) is 7.54. The van der Waals surface area contributed by atoms with Crippen molar-refractivity contribution in [3.8, 4) is 5.75 Å². The van der Waals surface area contributed by atoms with Gasteiger partial charge in [-0.05, 0) is 58.2 Å². The van der Waals surface area contributed by atoms with Crippen LogP contribution in [0.25, 0.3) is 11.6 Å². The number of nitrogens with zero attached hydrogens (tertiary/aromatic N) is 3. The highest BCUT2D eigenvalue weighted by Crippen LogP contribution is 2.39. The number of carbonyl (C=O) groups excluding carboxylic acids is 1. The quantitative estimate of drug-likeness (QED) is 0.143. The molecule has 44 heavy (non-hydrogen) atoms. The van der Waals surface area contributed by atoms with Gasteiger partial charge in [0.1, 0.15) is 18.1 Å². The average molecular weight is 575 g/mol. The predicted octanol–water partition coefficient (Wildman–Crippen LogP) is 7.58. The predicted molar refractivity (Wildman–Crippen MR) is 173 cm³/mol. The van der Waals surface area contributed by atoms with E-state index in [1.165, 1.54) is 11.1 Å². The summed E-state index contributed by atoms with van der Waals surface area (Å²) in [4.78, 5) is 13.2. The normalized spacial score (nSPS) is 13.2. The minimum atomic E-state index is -0.116. The first-order chi connectivity index (χ1) is 21.7. The van der Waals surface area contributed by atoms with Crippen LogP contribution in [-0.2, 0) is 17.9 Å². The molecule has 0 bridgehead atoms. The van der Waals surface area contributed by atoms with Gasteiger partial charge in [-0.15, -0.1) is 5.10 Å². The van der Waals surface area contributed by atoms with Crippen molar-refractivity contribution in [2.24, 2.45) is 0 Å². The number of fused-ring (bicyclic) bond motifs is 1. The zero-order valence-electron chi connectivity index (χ0n) is 24.0. The van der Waals surface area contributed by atoms with Crippen LogP contribution in [0.4, 0.5) is 5.69 Å². The molecule has 6 heteroatoms. The van der Waals surface area contributed by atoms with E-state index in [1.54, 1.807) is 4.68 Å². The number of aromatic nitrogens is 3. The number of amides is 1. The zero-order valence-corrected chi connectivity index (χ0v) is 24.0. The fraction of sp³-hybridized carbons (Fsp3) is 0.0789. The molecule has 1 aromatic heterocycles. The standard InChI is InChI=1S/C38H30N4O2/c43-38-35(22-28-13-10-18-33(21-28)44-26-32-25-42(41-40-32)24-27-11-4-1-5-12-27)34-23-31(19-20-36(34)39-38)37(29-14-6-2-7-15-29)30-16-8-3-9-17-30/h1-23,25,37H,24,26H2,(H,39,43)/b35-22+. The van der Waals surface area contributed by atoms with Crippen molar-refractivity contribution in [3.05, 3.63) is 179 Å². The van der Waals surface area contributed by atoms with Gasteiger partial charge in [-0.25, -0.2) is 4.68 Å². The molecule has 0 fully saturated rings. The summed E-state index contributed by atoms with van der Waals surface area (Å²) in [5, 5.41) is 11.5. The summed E-state index contributed by atoms with van der Waals surface area (Å²) in [6.45, 7) is 0.946. The largest absolute Gasteiger partial charge is 0.487 e. The van der Waals surface area contributed by atoms with E-state index < -0.39 is 0 Å². The highest BCUT2D eigenvalue weighted by Gasteiger charge is 2.26. The Morgan fingerprint density at radius 3 is 2.18 bits per heavy atom. The van der Waals surface area contributed by atoms with E-state index in [2.05, 4.69) is 88.4 Å². The van der Waals surface area contributed by atoms with Gasteiger partial charge in [0, 0.05) is 22.7 Å². The second kappa shape index (κ2) is 12.2. The molecule has 0 unspecified atom stereocenters. The summed E-state index contributed by atoms with van der Waals surface area (Å²) in [7, 11) is 0. The van der Waals surface area contributed by atoms with Crippen molar-refractivity contribution in [1.29, 1.82) is 0 Å². The Balaban J connectivity index is 1.12. The van der Waals surface area contributed by atoms with E-state index >= 15 is 0 Å². The molecule has 6 aromatic rings. The van der Waals surface area contributed by atoms with Crippen LogP contribution in [0.1, 0.15) is 45.0 Å². The number of benzene rings is 5. The molecule has 0 atom stereocenters. The molecular weight excluding hydrogens is 544 g/mol. The molecule has 214 valence electrons. The molecule has 7 rings (SSSR count). The zero-order chi connectivity index (χ0) is 29.7. The molecule has 0 radical (unpaired) electrons. The monoisotopic (exact) mass is 574 g/mol. The molecule has 1 aliphatic heterocycles. The number of nitrogens with one attached hydrogen (secondary N) is 1. The molecule has 1 amide bonds. The van der Waals surface area contributed by atoms with Crippen LogP contribution in [0, 0.1) is 0 Å². The summed E-state index contributed by atoms with van der Waals surface area (Å²) < 4.78 is 7.86. The Hall–Kier alpha value is -5.75. The molecular formula is C38H30N4O2. The molecule has 2 heterocycles. The van der Waals surface area contributed by atoms with E-state index in [-0.39, 0.29) is 11.8 Å². The van der Waals surface area contributed by atoms with Gasteiger partial charge in [0.25, 0.3) is 5.91 Å². The van der Waals surface area contributed by atoms with Crippen molar-refractivity contribution >= 4 is 23.2 Å². The summed E-state index contributed by atoms with van der Waals surface area (Å²) in [6.07, 6.45) is 3.82. The van der Waals surface area contributed by atoms with Gasteiger partial charge >= 0.3 is 0 Å². The Morgan fingerprint density at radius 1 is 0.750 bits per heavy atom. The molecule has 1 N–H and O–H groups in total. The summed E-state index contributed by atoms with van der Waals surface area (Å²) >= 11 is 0. The van der Waals surface area contributed by atoms with Crippen molar-refractivity contribution in [1.82, 2.24) is 15.0 Å². The minimum Gasteiger partial charge on any atom is -0.487 e. The maximum absolute atomic E-state index is 13.2. The molecule has 0 spiro atoms. The lowest BCUT2D eigenvalue weighted by molar-refractivity contribution is -0.110. The highest BCUT2D eigenvalue weighted by atomic mass is 16.5. The van der Waals surface area contributed by atoms with Crippen molar-refractivity contribution < 1.29 is 9.53 Å². The van der Waals surface area contributed by atoms with E-state index in [0.29, 0.717) is 24.5 Å². The molecule has 0 saturated carbocycles. The van der Waals surface area contributed by atoms with Gasteiger partial charge in [-0.3, -0.25) is 4.79 Å². The van der Waals surface area contributed by atoms with Crippen LogP contribution < -0.4 is 10.1 Å². The van der Waals surface area contributed by atoms with Crippen LogP contribution in [0.5, 0.6) is 5.75 Å². The van der Waals surface area contributed by atoms with Crippen molar-refractivity contribution in [3.63, 3.8) is 0 Å². The Morgan fingerprint density at radius 2 is 1.45 bits per heavy atom. The lowest BCUT2D eigenvalue weighted by Gasteiger charge is -2.19. The van der Waals surface area contributed by atoms with Gasteiger partial charge in [0.05, 0.1) is 12.7 Å². The number of ether oxygens (including phenoxy) is 1. The third-order valence-corrected chi connectivity index (χ3v) is 7.76. The van der Waals surface area contributed by atoms with E-state index in [9.17, 15) is 4.79 Å². The topological polar surface area (TPSA) is 69.0 Å². The number of hydrogen-bond donors (Lipinski definition) is 1. The number of hydrogen-bond acceptors (Lipinski definition) is 4. The Bertz CT molecular complexity index is 1890. The number of anilines is 1. The van der Waals surface area contributed by atoms with Gasteiger partial charge in [0.2, 0.25) is 0 Å². The number of carbonyl (C=O) groups is 1. The van der Waals surface area contributed by atoms with Crippen LogP contribution in [0.15, 0.2) is 140 Å². The summed E-state index contributed by atoms with van der Waals surface area (Å²) in [5.41, 5.74) is 8.64. The van der Waals surface area contributed by atoms with Crippen LogP contribution in [0.2, 0.25) is 0 Å².